The molecular formula is C19H21ClN4O. The Morgan fingerprint density at radius 2 is 2.04 bits per heavy atom. The third kappa shape index (κ3) is 3.72. The van der Waals surface area contributed by atoms with E-state index in [4.69, 9.17) is 16.3 Å². The van der Waals surface area contributed by atoms with Gasteiger partial charge in [0.2, 0.25) is 0 Å². The Morgan fingerprint density at radius 1 is 1.28 bits per heavy atom. The van der Waals surface area contributed by atoms with Crippen LogP contribution in [0, 0.1) is 6.92 Å². The van der Waals surface area contributed by atoms with Crippen LogP contribution >= 0.6 is 11.6 Å². The van der Waals surface area contributed by atoms with Crippen LogP contribution < -0.4 is 10.7 Å². The summed E-state index contributed by atoms with van der Waals surface area (Å²) in [4.78, 5) is 4.57. The third-order valence-corrected chi connectivity index (χ3v) is 3.83. The standard InChI is InChI=1S/C19H21ClN4O/c1-6-9-11-17-16(12-25-5)21-13(4)18-22-23-19(24(17)18)14(8-3)15(20)10-7-2/h6-12H,2H2,1,3-5H3. The fraction of sp³-hybridized carbons (Fsp3) is 0.211. The van der Waals surface area contributed by atoms with Crippen LogP contribution in [0.4, 0.5) is 0 Å². The summed E-state index contributed by atoms with van der Waals surface area (Å²) >= 11 is 6.40. The average molecular weight is 357 g/mol. The Morgan fingerprint density at radius 3 is 2.64 bits per heavy atom. The Kier molecular flexibility index (Phi) is 6.31. The van der Waals surface area contributed by atoms with Gasteiger partial charge in [0, 0.05) is 5.57 Å². The molecule has 0 atom stereocenters. The molecule has 0 aliphatic heterocycles. The SMILES string of the molecule is C=CC=C(Cl)C(=CC)c1nnc2c(C)nc(=COC)c(=CC=CC)n12. The molecule has 0 amide bonds. The lowest BCUT2D eigenvalue weighted by Gasteiger charge is -2.06. The van der Waals surface area contributed by atoms with Crippen molar-refractivity contribution in [1.29, 1.82) is 0 Å². The monoisotopic (exact) mass is 356 g/mol. The maximum absolute atomic E-state index is 6.40. The second kappa shape index (κ2) is 8.44. The van der Waals surface area contributed by atoms with Crippen molar-refractivity contribution in [3.8, 4) is 0 Å². The van der Waals surface area contributed by atoms with Crippen LogP contribution in [-0.2, 0) is 4.74 Å². The number of allylic oxidation sites excluding steroid dienone is 7. The van der Waals surface area contributed by atoms with Crippen molar-refractivity contribution in [2.75, 3.05) is 7.11 Å². The predicted molar refractivity (Wildman–Crippen MR) is 103 cm³/mol. The number of aromatic nitrogens is 4. The Balaban J connectivity index is 3.01. The van der Waals surface area contributed by atoms with Crippen molar-refractivity contribution in [2.45, 2.75) is 20.8 Å². The normalized spacial score (nSPS) is 14.8. The number of aryl methyl sites for hydroxylation is 1. The van der Waals surface area contributed by atoms with Crippen LogP contribution in [0.25, 0.3) is 23.6 Å². The Labute approximate surface area is 152 Å². The van der Waals surface area contributed by atoms with Gasteiger partial charge in [-0.25, -0.2) is 4.98 Å². The zero-order chi connectivity index (χ0) is 18.4. The highest BCUT2D eigenvalue weighted by atomic mass is 35.5. The summed E-state index contributed by atoms with van der Waals surface area (Å²) in [5, 5.41) is 10.7. The van der Waals surface area contributed by atoms with Crippen LogP contribution in [0.5, 0.6) is 0 Å². The van der Waals surface area contributed by atoms with Gasteiger partial charge < -0.3 is 4.74 Å². The van der Waals surface area contributed by atoms with Gasteiger partial charge in [-0.3, -0.25) is 4.40 Å². The molecule has 0 bridgehead atoms. The zero-order valence-corrected chi connectivity index (χ0v) is 15.6. The summed E-state index contributed by atoms with van der Waals surface area (Å²) < 4.78 is 7.12. The fourth-order valence-corrected chi connectivity index (χ4v) is 2.72. The van der Waals surface area contributed by atoms with E-state index in [9.17, 15) is 0 Å². The third-order valence-electron chi connectivity index (χ3n) is 3.51. The maximum atomic E-state index is 6.40. The Bertz CT molecular complexity index is 997. The van der Waals surface area contributed by atoms with Gasteiger partial charge in [-0.15, -0.1) is 10.2 Å². The summed E-state index contributed by atoms with van der Waals surface area (Å²) in [7, 11) is 1.59. The maximum Gasteiger partial charge on any atom is 0.183 e. The number of hydrogen-bond donors (Lipinski definition) is 0. The number of fused-ring (bicyclic) bond motifs is 1. The second-order valence-electron chi connectivity index (χ2n) is 5.15. The highest BCUT2D eigenvalue weighted by molar-refractivity contribution is 6.36. The van der Waals surface area contributed by atoms with Crippen molar-refractivity contribution in [1.82, 2.24) is 19.6 Å². The van der Waals surface area contributed by atoms with Crippen molar-refractivity contribution < 1.29 is 4.74 Å². The van der Waals surface area contributed by atoms with Gasteiger partial charge in [-0.2, -0.15) is 0 Å². The Hall–Kier alpha value is -2.66. The fourth-order valence-electron chi connectivity index (χ4n) is 2.44. The minimum absolute atomic E-state index is 0.538. The number of rotatable bonds is 5. The lowest BCUT2D eigenvalue weighted by molar-refractivity contribution is 0.389. The first kappa shape index (κ1) is 18.7. The minimum atomic E-state index is 0.538. The molecule has 5 nitrogen and oxygen atoms in total. The summed E-state index contributed by atoms with van der Waals surface area (Å²) in [5.74, 6) is 0.632. The van der Waals surface area contributed by atoms with Crippen LogP contribution in [0.15, 0.2) is 42.0 Å². The number of nitrogens with zero attached hydrogens (tertiary/aromatic N) is 4. The van der Waals surface area contributed by atoms with Gasteiger partial charge in [-0.1, -0.05) is 42.5 Å². The highest BCUT2D eigenvalue weighted by Gasteiger charge is 2.16. The first-order valence-corrected chi connectivity index (χ1v) is 8.19. The molecule has 0 saturated heterocycles. The van der Waals surface area contributed by atoms with E-state index in [1.807, 2.05) is 49.5 Å². The molecule has 6 heteroatoms. The molecule has 0 aliphatic rings. The highest BCUT2D eigenvalue weighted by Crippen LogP contribution is 2.24. The lowest BCUT2D eigenvalue weighted by atomic mass is 10.2. The van der Waals surface area contributed by atoms with E-state index < -0.39 is 0 Å². The second-order valence-corrected chi connectivity index (χ2v) is 5.56. The molecule has 0 aliphatic carbocycles. The van der Waals surface area contributed by atoms with Crippen LogP contribution in [0.2, 0.25) is 0 Å². The lowest BCUT2D eigenvalue weighted by Crippen LogP contribution is -2.36. The molecule has 0 aromatic carbocycles. The van der Waals surface area contributed by atoms with Crippen molar-refractivity contribution >= 4 is 35.2 Å². The molecule has 0 radical (unpaired) electrons. The number of methoxy groups -OCH3 is 1. The molecule has 25 heavy (non-hydrogen) atoms. The van der Waals surface area contributed by atoms with Gasteiger partial charge in [0.15, 0.2) is 11.5 Å². The first-order chi connectivity index (χ1) is 12.1. The minimum Gasteiger partial charge on any atom is -0.502 e. The largest absolute Gasteiger partial charge is 0.502 e. The molecule has 2 heterocycles. The van der Waals surface area contributed by atoms with Crippen LogP contribution in [-0.4, -0.2) is 26.7 Å². The molecule has 2 rings (SSSR count). The van der Waals surface area contributed by atoms with Crippen molar-refractivity contribution in [2.24, 2.45) is 0 Å². The quantitative estimate of drug-likeness (QED) is 0.773. The first-order valence-electron chi connectivity index (χ1n) is 7.82. The van der Waals surface area contributed by atoms with Crippen molar-refractivity contribution in [3.05, 3.63) is 64.2 Å². The molecule has 2 aromatic heterocycles. The number of halogens is 1. The summed E-state index contributed by atoms with van der Waals surface area (Å²) in [5.41, 5.74) is 2.18. The zero-order valence-electron chi connectivity index (χ0n) is 14.8. The van der Waals surface area contributed by atoms with Crippen LogP contribution in [0.3, 0.4) is 0 Å². The van der Waals surface area contributed by atoms with E-state index in [2.05, 4.69) is 21.8 Å². The smallest absolute Gasteiger partial charge is 0.183 e. The molecule has 0 saturated carbocycles. The van der Waals surface area contributed by atoms with E-state index >= 15 is 0 Å². The molecule has 0 fully saturated rings. The van der Waals surface area contributed by atoms with Gasteiger partial charge in [-0.05, 0) is 32.9 Å². The summed E-state index contributed by atoms with van der Waals surface area (Å²) in [6.45, 7) is 9.43. The predicted octanol–water partition coefficient (Wildman–Crippen LogP) is 2.89. The molecule has 2 aromatic rings. The molecule has 130 valence electrons. The summed E-state index contributed by atoms with van der Waals surface area (Å²) in [6.07, 6.45) is 12.7. The van der Waals surface area contributed by atoms with Crippen LogP contribution in [0.1, 0.15) is 25.4 Å². The van der Waals surface area contributed by atoms with Gasteiger partial charge in [0.05, 0.1) is 23.2 Å². The van der Waals surface area contributed by atoms with E-state index in [0.29, 0.717) is 21.9 Å². The topological polar surface area (TPSA) is 52.3 Å². The molecule has 0 unspecified atom stereocenters. The summed E-state index contributed by atoms with van der Waals surface area (Å²) in [6, 6.07) is 0. The van der Waals surface area contributed by atoms with E-state index in [-0.39, 0.29) is 0 Å². The van der Waals surface area contributed by atoms with Gasteiger partial charge in [0.25, 0.3) is 0 Å². The molecule has 0 spiro atoms. The van der Waals surface area contributed by atoms with E-state index in [1.165, 1.54) is 0 Å². The number of hydrogen-bond acceptors (Lipinski definition) is 4. The molecule has 0 N–H and O–H groups in total. The van der Waals surface area contributed by atoms with Gasteiger partial charge >= 0.3 is 0 Å². The number of ether oxygens (including phenoxy) is 1. The van der Waals surface area contributed by atoms with E-state index in [0.717, 1.165) is 16.6 Å². The van der Waals surface area contributed by atoms with Gasteiger partial charge in [0.1, 0.15) is 11.6 Å². The molecular weight excluding hydrogens is 336 g/mol. The average Bonchev–Trinajstić information content (AvgIpc) is 3.01. The van der Waals surface area contributed by atoms with E-state index in [1.54, 1.807) is 25.5 Å². The van der Waals surface area contributed by atoms with Crippen molar-refractivity contribution in [3.63, 3.8) is 0 Å².